The SMILES string of the molecule is CN1CCSCC1C(CCCS(C)(=O)=O)NN. The summed E-state index contributed by atoms with van der Waals surface area (Å²) in [6, 6.07) is 0.577. The van der Waals surface area contributed by atoms with Gasteiger partial charge in [-0.15, -0.1) is 0 Å². The van der Waals surface area contributed by atoms with Crippen LogP contribution < -0.4 is 11.3 Å². The molecular formula is C10H23N3O2S2. The van der Waals surface area contributed by atoms with Crippen LogP contribution in [0.1, 0.15) is 12.8 Å². The van der Waals surface area contributed by atoms with E-state index >= 15 is 0 Å². The highest BCUT2D eigenvalue weighted by Crippen LogP contribution is 2.19. The van der Waals surface area contributed by atoms with Crippen molar-refractivity contribution in [3.05, 3.63) is 0 Å². The molecule has 0 aromatic rings. The lowest BCUT2D eigenvalue weighted by molar-refractivity contribution is 0.208. The van der Waals surface area contributed by atoms with Crippen molar-refractivity contribution in [1.82, 2.24) is 10.3 Å². The van der Waals surface area contributed by atoms with E-state index in [2.05, 4.69) is 17.4 Å². The van der Waals surface area contributed by atoms with E-state index in [0.29, 0.717) is 12.5 Å². The molecule has 0 bridgehead atoms. The molecule has 3 N–H and O–H groups in total. The molecule has 0 aromatic carbocycles. The van der Waals surface area contributed by atoms with Gasteiger partial charge in [-0.05, 0) is 19.9 Å². The topological polar surface area (TPSA) is 75.4 Å². The molecule has 0 radical (unpaired) electrons. The Hall–Kier alpha value is 0.180. The Labute approximate surface area is 108 Å². The van der Waals surface area contributed by atoms with Crippen LogP contribution in [-0.4, -0.2) is 62.5 Å². The summed E-state index contributed by atoms with van der Waals surface area (Å²) in [6.07, 6.45) is 2.75. The summed E-state index contributed by atoms with van der Waals surface area (Å²) in [7, 11) is -0.757. The number of sulfone groups is 1. The first-order chi connectivity index (χ1) is 7.94. The lowest BCUT2D eigenvalue weighted by Crippen LogP contribution is -2.54. The van der Waals surface area contributed by atoms with Gasteiger partial charge in [-0.25, -0.2) is 8.42 Å². The molecule has 0 spiro atoms. The standard InChI is InChI=1S/C10H23N3O2S2/c1-13-5-6-16-8-10(13)9(12-11)4-3-7-17(2,14)15/h9-10,12H,3-8,11H2,1-2H3. The number of hydrogen-bond donors (Lipinski definition) is 2. The highest BCUT2D eigenvalue weighted by molar-refractivity contribution is 7.99. The Bertz CT molecular complexity index is 322. The number of rotatable bonds is 6. The van der Waals surface area contributed by atoms with Gasteiger partial charge in [0.25, 0.3) is 0 Å². The predicted octanol–water partition coefficient (Wildman–Crippen LogP) is -0.310. The van der Waals surface area contributed by atoms with Crippen LogP contribution in [0.5, 0.6) is 0 Å². The third kappa shape index (κ3) is 5.56. The third-order valence-electron chi connectivity index (χ3n) is 3.15. The number of nitrogens with one attached hydrogen (secondary N) is 1. The molecule has 17 heavy (non-hydrogen) atoms. The third-order valence-corrected chi connectivity index (χ3v) is 5.23. The first-order valence-corrected chi connectivity index (χ1v) is 9.07. The number of thioether (sulfide) groups is 1. The van der Waals surface area contributed by atoms with Gasteiger partial charge in [0.2, 0.25) is 0 Å². The van der Waals surface area contributed by atoms with E-state index in [0.717, 1.165) is 24.5 Å². The van der Waals surface area contributed by atoms with Crippen LogP contribution >= 0.6 is 11.8 Å². The maximum absolute atomic E-state index is 11.1. The van der Waals surface area contributed by atoms with Gasteiger partial charge < -0.3 is 4.90 Å². The Morgan fingerprint density at radius 3 is 2.82 bits per heavy atom. The van der Waals surface area contributed by atoms with Crippen molar-refractivity contribution >= 4 is 21.6 Å². The number of nitrogens with zero attached hydrogens (tertiary/aromatic N) is 1. The van der Waals surface area contributed by atoms with E-state index in [1.807, 2.05) is 11.8 Å². The van der Waals surface area contributed by atoms with Gasteiger partial charge in [-0.3, -0.25) is 11.3 Å². The maximum atomic E-state index is 11.1. The summed E-state index contributed by atoms with van der Waals surface area (Å²) in [5, 5.41) is 0. The monoisotopic (exact) mass is 281 g/mol. The van der Waals surface area contributed by atoms with Crippen LogP contribution in [0.4, 0.5) is 0 Å². The average molecular weight is 281 g/mol. The minimum Gasteiger partial charge on any atom is -0.300 e. The second kappa shape index (κ2) is 6.94. The van der Waals surface area contributed by atoms with E-state index in [9.17, 15) is 8.42 Å². The zero-order valence-corrected chi connectivity index (χ0v) is 12.2. The van der Waals surface area contributed by atoms with Gasteiger partial charge in [0, 0.05) is 42.1 Å². The fraction of sp³-hybridized carbons (Fsp3) is 1.00. The summed E-state index contributed by atoms with van der Waals surface area (Å²) in [5.74, 6) is 8.05. The molecule has 0 aliphatic carbocycles. The average Bonchev–Trinajstić information content (AvgIpc) is 2.24. The summed E-state index contributed by atoms with van der Waals surface area (Å²) < 4.78 is 22.2. The molecular weight excluding hydrogens is 258 g/mol. The van der Waals surface area contributed by atoms with Crippen molar-refractivity contribution in [3.8, 4) is 0 Å². The van der Waals surface area contributed by atoms with Gasteiger partial charge in [0.1, 0.15) is 9.84 Å². The normalized spacial score (nSPS) is 24.8. The van der Waals surface area contributed by atoms with Gasteiger partial charge >= 0.3 is 0 Å². The lowest BCUT2D eigenvalue weighted by atomic mass is 10.0. The molecule has 7 heteroatoms. The van der Waals surface area contributed by atoms with Crippen LogP contribution in [0.3, 0.4) is 0 Å². The van der Waals surface area contributed by atoms with Crippen LogP contribution in [0.15, 0.2) is 0 Å². The Morgan fingerprint density at radius 1 is 1.59 bits per heavy atom. The summed E-state index contributed by atoms with van der Waals surface area (Å²) in [4.78, 5) is 2.31. The summed E-state index contributed by atoms with van der Waals surface area (Å²) in [6.45, 7) is 1.07. The number of hydrogen-bond acceptors (Lipinski definition) is 6. The van der Waals surface area contributed by atoms with Crippen molar-refractivity contribution in [2.24, 2.45) is 5.84 Å². The van der Waals surface area contributed by atoms with E-state index in [4.69, 9.17) is 5.84 Å². The lowest BCUT2D eigenvalue weighted by Gasteiger charge is -2.37. The van der Waals surface area contributed by atoms with Crippen LogP contribution in [0.2, 0.25) is 0 Å². The molecule has 1 fully saturated rings. The molecule has 2 unspecified atom stereocenters. The number of likely N-dealkylation sites (N-methyl/N-ethyl adjacent to an activating group) is 1. The largest absolute Gasteiger partial charge is 0.300 e. The minimum atomic E-state index is -2.86. The Morgan fingerprint density at radius 2 is 2.29 bits per heavy atom. The number of nitrogens with two attached hydrogens (primary N) is 1. The van der Waals surface area contributed by atoms with E-state index in [-0.39, 0.29) is 11.8 Å². The van der Waals surface area contributed by atoms with Gasteiger partial charge in [0.05, 0.1) is 0 Å². The first-order valence-electron chi connectivity index (χ1n) is 5.86. The molecule has 1 rings (SSSR count). The molecule has 1 heterocycles. The van der Waals surface area contributed by atoms with Crippen LogP contribution in [0, 0.1) is 0 Å². The van der Waals surface area contributed by atoms with Crippen molar-refractivity contribution < 1.29 is 8.42 Å². The number of hydrazine groups is 1. The summed E-state index contributed by atoms with van der Waals surface area (Å²) >= 11 is 1.93. The zero-order valence-electron chi connectivity index (χ0n) is 10.6. The molecule has 102 valence electrons. The first kappa shape index (κ1) is 15.2. The molecule has 1 aliphatic heterocycles. The zero-order chi connectivity index (χ0) is 12.9. The molecule has 0 aromatic heterocycles. The fourth-order valence-electron chi connectivity index (χ4n) is 2.08. The minimum absolute atomic E-state index is 0.176. The Balaban J connectivity index is 2.41. The highest BCUT2D eigenvalue weighted by Gasteiger charge is 2.27. The van der Waals surface area contributed by atoms with Crippen LogP contribution in [0.25, 0.3) is 0 Å². The van der Waals surface area contributed by atoms with E-state index in [1.54, 1.807) is 0 Å². The molecule has 2 atom stereocenters. The van der Waals surface area contributed by atoms with Crippen LogP contribution in [-0.2, 0) is 9.84 Å². The highest BCUT2D eigenvalue weighted by atomic mass is 32.2. The molecule has 1 saturated heterocycles. The smallest absolute Gasteiger partial charge is 0.147 e. The molecule has 5 nitrogen and oxygen atoms in total. The molecule has 0 amide bonds. The van der Waals surface area contributed by atoms with Crippen molar-refractivity contribution in [2.75, 3.05) is 37.1 Å². The second-order valence-electron chi connectivity index (χ2n) is 4.67. The van der Waals surface area contributed by atoms with E-state index in [1.165, 1.54) is 6.26 Å². The van der Waals surface area contributed by atoms with Gasteiger partial charge in [0.15, 0.2) is 0 Å². The summed E-state index contributed by atoms with van der Waals surface area (Å²) in [5.41, 5.74) is 2.84. The van der Waals surface area contributed by atoms with Crippen molar-refractivity contribution in [1.29, 1.82) is 0 Å². The second-order valence-corrected chi connectivity index (χ2v) is 8.08. The van der Waals surface area contributed by atoms with Gasteiger partial charge in [-0.1, -0.05) is 0 Å². The molecule has 0 saturated carbocycles. The van der Waals surface area contributed by atoms with Crippen molar-refractivity contribution in [2.45, 2.75) is 24.9 Å². The van der Waals surface area contributed by atoms with E-state index < -0.39 is 9.84 Å². The molecule has 1 aliphatic rings. The maximum Gasteiger partial charge on any atom is 0.147 e. The quantitative estimate of drug-likeness (QED) is 0.514. The fourth-order valence-corrected chi connectivity index (χ4v) is 4.08. The van der Waals surface area contributed by atoms with Gasteiger partial charge in [-0.2, -0.15) is 11.8 Å². The predicted molar refractivity (Wildman–Crippen MR) is 73.8 cm³/mol. The Kier molecular flexibility index (Phi) is 6.22. The van der Waals surface area contributed by atoms with Crippen molar-refractivity contribution in [3.63, 3.8) is 0 Å².